The van der Waals surface area contributed by atoms with Crippen molar-refractivity contribution in [1.29, 1.82) is 0 Å². The summed E-state index contributed by atoms with van der Waals surface area (Å²) in [7, 11) is 0. The summed E-state index contributed by atoms with van der Waals surface area (Å²) in [4.78, 5) is 18.2. The van der Waals surface area contributed by atoms with Crippen LogP contribution in [0.2, 0.25) is 0 Å². The van der Waals surface area contributed by atoms with Crippen LogP contribution in [0.1, 0.15) is 18.4 Å². The summed E-state index contributed by atoms with van der Waals surface area (Å²) >= 11 is 1.30. The van der Waals surface area contributed by atoms with Crippen molar-refractivity contribution >= 4 is 22.5 Å². The van der Waals surface area contributed by atoms with Gasteiger partial charge in [-0.1, -0.05) is 11.3 Å². The van der Waals surface area contributed by atoms with Crippen molar-refractivity contribution in [3.8, 4) is 0 Å². The van der Waals surface area contributed by atoms with Crippen molar-refractivity contribution in [3.63, 3.8) is 0 Å². The third kappa shape index (κ3) is 3.99. The van der Waals surface area contributed by atoms with Crippen molar-refractivity contribution in [2.75, 3.05) is 18.5 Å². The SMILES string of the molecule is O=C(Nc1nncs1)N(Cc1ccncc1)C[C@@H]1CCCO1. The van der Waals surface area contributed by atoms with Gasteiger partial charge in [0, 0.05) is 32.1 Å². The molecule has 1 fully saturated rings. The summed E-state index contributed by atoms with van der Waals surface area (Å²) in [5.74, 6) is 0. The van der Waals surface area contributed by atoms with Gasteiger partial charge in [-0.2, -0.15) is 0 Å². The van der Waals surface area contributed by atoms with Crippen molar-refractivity contribution in [2.45, 2.75) is 25.5 Å². The molecular formula is C14H17N5O2S. The Labute approximate surface area is 132 Å². The Morgan fingerprint density at radius 1 is 1.45 bits per heavy atom. The number of carbonyl (C=O) groups is 1. The summed E-state index contributed by atoms with van der Waals surface area (Å²) in [6.07, 6.45) is 5.58. The van der Waals surface area contributed by atoms with Gasteiger partial charge in [0.1, 0.15) is 5.51 Å². The molecule has 1 saturated heterocycles. The number of nitrogens with one attached hydrogen (secondary N) is 1. The van der Waals surface area contributed by atoms with E-state index >= 15 is 0 Å². The van der Waals surface area contributed by atoms with E-state index < -0.39 is 0 Å². The molecule has 0 radical (unpaired) electrons. The molecule has 1 N–H and O–H groups in total. The van der Waals surface area contributed by atoms with Gasteiger partial charge in [-0.05, 0) is 30.5 Å². The Bertz CT molecular complexity index is 587. The lowest BCUT2D eigenvalue weighted by atomic mass is 10.2. The molecule has 0 bridgehead atoms. The van der Waals surface area contributed by atoms with Gasteiger partial charge in [0.05, 0.1) is 6.10 Å². The number of ether oxygens (including phenoxy) is 1. The summed E-state index contributed by atoms with van der Waals surface area (Å²) in [6, 6.07) is 3.62. The molecule has 0 aromatic carbocycles. The van der Waals surface area contributed by atoms with Gasteiger partial charge >= 0.3 is 6.03 Å². The second-order valence-corrected chi connectivity index (χ2v) is 5.88. The lowest BCUT2D eigenvalue weighted by molar-refractivity contribution is 0.0819. The Balaban J connectivity index is 1.68. The third-order valence-corrected chi connectivity index (χ3v) is 4.04. The smallest absolute Gasteiger partial charge is 0.324 e. The fourth-order valence-electron chi connectivity index (χ4n) is 2.36. The van der Waals surface area contributed by atoms with Crippen molar-refractivity contribution < 1.29 is 9.53 Å². The number of anilines is 1. The standard InChI is InChI=1S/C14H17N5O2S/c20-14(17-13-18-16-10-22-13)19(9-12-2-1-7-21-12)8-11-3-5-15-6-4-11/h3-6,10,12H,1-2,7-9H2,(H,17,18,20)/t12-/m0/s1. The second-order valence-electron chi connectivity index (χ2n) is 5.05. The topological polar surface area (TPSA) is 80.2 Å². The highest BCUT2D eigenvalue weighted by Gasteiger charge is 2.23. The molecular weight excluding hydrogens is 302 g/mol. The van der Waals surface area contributed by atoms with E-state index in [0.717, 1.165) is 25.0 Å². The van der Waals surface area contributed by atoms with Gasteiger partial charge in [0.15, 0.2) is 0 Å². The normalized spacial score (nSPS) is 17.4. The van der Waals surface area contributed by atoms with Gasteiger partial charge in [-0.15, -0.1) is 10.2 Å². The fraction of sp³-hybridized carbons (Fsp3) is 0.429. The predicted molar refractivity (Wildman–Crippen MR) is 82.5 cm³/mol. The van der Waals surface area contributed by atoms with E-state index in [1.54, 1.807) is 22.8 Å². The van der Waals surface area contributed by atoms with Gasteiger partial charge in [-0.3, -0.25) is 10.3 Å². The number of rotatable bonds is 5. The van der Waals surface area contributed by atoms with Crippen LogP contribution < -0.4 is 5.32 Å². The lowest BCUT2D eigenvalue weighted by Crippen LogP contribution is -2.39. The van der Waals surface area contributed by atoms with Crippen LogP contribution in [-0.2, 0) is 11.3 Å². The number of pyridine rings is 1. The van der Waals surface area contributed by atoms with Crippen LogP contribution in [0.5, 0.6) is 0 Å². The minimum atomic E-state index is -0.191. The van der Waals surface area contributed by atoms with Crippen LogP contribution in [0.4, 0.5) is 9.93 Å². The van der Waals surface area contributed by atoms with Crippen LogP contribution in [0.25, 0.3) is 0 Å². The van der Waals surface area contributed by atoms with Gasteiger partial charge in [0.25, 0.3) is 0 Å². The number of urea groups is 1. The number of hydrogen-bond donors (Lipinski definition) is 1. The van der Waals surface area contributed by atoms with E-state index in [-0.39, 0.29) is 12.1 Å². The molecule has 3 rings (SSSR count). The van der Waals surface area contributed by atoms with E-state index in [0.29, 0.717) is 18.2 Å². The first-order valence-corrected chi connectivity index (χ1v) is 8.02. The zero-order valence-electron chi connectivity index (χ0n) is 12.0. The van der Waals surface area contributed by atoms with Gasteiger partial charge in [-0.25, -0.2) is 4.79 Å². The van der Waals surface area contributed by atoms with Crippen LogP contribution in [0.3, 0.4) is 0 Å². The summed E-state index contributed by atoms with van der Waals surface area (Å²) in [5, 5.41) is 10.8. The first-order valence-electron chi connectivity index (χ1n) is 7.14. The lowest BCUT2D eigenvalue weighted by Gasteiger charge is -2.25. The monoisotopic (exact) mass is 319 g/mol. The average Bonchev–Trinajstić information content (AvgIpc) is 3.21. The number of aromatic nitrogens is 3. The van der Waals surface area contributed by atoms with Crippen molar-refractivity contribution in [2.24, 2.45) is 0 Å². The Morgan fingerprint density at radius 2 is 2.32 bits per heavy atom. The largest absolute Gasteiger partial charge is 0.376 e. The maximum Gasteiger partial charge on any atom is 0.324 e. The molecule has 1 aliphatic heterocycles. The zero-order valence-corrected chi connectivity index (χ0v) is 12.8. The summed E-state index contributed by atoms with van der Waals surface area (Å²) < 4.78 is 5.65. The number of nitrogens with zero attached hydrogens (tertiary/aromatic N) is 4. The van der Waals surface area contributed by atoms with Gasteiger partial charge in [0.2, 0.25) is 5.13 Å². The molecule has 0 unspecified atom stereocenters. The van der Waals surface area contributed by atoms with E-state index in [9.17, 15) is 4.79 Å². The zero-order chi connectivity index (χ0) is 15.2. The molecule has 0 saturated carbocycles. The number of carbonyl (C=O) groups excluding carboxylic acids is 1. The maximum absolute atomic E-state index is 12.5. The van der Waals surface area contributed by atoms with E-state index in [1.165, 1.54) is 11.3 Å². The average molecular weight is 319 g/mol. The highest BCUT2D eigenvalue weighted by molar-refractivity contribution is 7.13. The molecule has 2 aromatic heterocycles. The molecule has 1 aliphatic rings. The molecule has 0 aliphatic carbocycles. The molecule has 2 amide bonds. The summed E-state index contributed by atoms with van der Waals surface area (Å²) in [6.45, 7) is 1.84. The van der Waals surface area contributed by atoms with Crippen LogP contribution >= 0.6 is 11.3 Å². The molecule has 3 heterocycles. The van der Waals surface area contributed by atoms with E-state index in [2.05, 4.69) is 20.5 Å². The molecule has 1 atom stereocenters. The Morgan fingerprint density at radius 3 is 3.00 bits per heavy atom. The Hall–Kier alpha value is -2.06. The van der Waals surface area contributed by atoms with E-state index in [1.807, 2.05) is 12.1 Å². The highest BCUT2D eigenvalue weighted by atomic mass is 32.1. The van der Waals surface area contributed by atoms with Crippen LogP contribution in [-0.4, -0.2) is 45.4 Å². The van der Waals surface area contributed by atoms with Crippen LogP contribution in [0, 0.1) is 0 Å². The quantitative estimate of drug-likeness (QED) is 0.913. The molecule has 0 spiro atoms. The molecule has 22 heavy (non-hydrogen) atoms. The maximum atomic E-state index is 12.5. The van der Waals surface area contributed by atoms with Gasteiger partial charge < -0.3 is 9.64 Å². The number of amides is 2. The predicted octanol–water partition coefficient (Wildman–Crippen LogP) is 2.15. The van der Waals surface area contributed by atoms with E-state index in [4.69, 9.17) is 4.74 Å². The number of hydrogen-bond acceptors (Lipinski definition) is 6. The minimum Gasteiger partial charge on any atom is -0.376 e. The second kappa shape index (κ2) is 7.28. The van der Waals surface area contributed by atoms with Crippen molar-refractivity contribution in [3.05, 3.63) is 35.6 Å². The van der Waals surface area contributed by atoms with Crippen LogP contribution in [0.15, 0.2) is 30.0 Å². The molecule has 116 valence electrons. The Kier molecular flexibility index (Phi) is 4.92. The minimum absolute atomic E-state index is 0.0991. The summed E-state index contributed by atoms with van der Waals surface area (Å²) in [5.41, 5.74) is 2.61. The molecule has 7 nitrogen and oxygen atoms in total. The highest BCUT2D eigenvalue weighted by Crippen LogP contribution is 2.17. The fourth-order valence-corrected chi connectivity index (χ4v) is 2.79. The third-order valence-electron chi connectivity index (χ3n) is 3.43. The first kappa shape index (κ1) is 14.9. The molecule has 2 aromatic rings. The first-order chi connectivity index (χ1) is 10.8. The van der Waals surface area contributed by atoms with Crippen molar-refractivity contribution in [1.82, 2.24) is 20.1 Å². The molecule has 8 heteroatoms.